The van der Waals surface area contributed by atoms with Crippen LogP contribution in [0, 0.1) is 6.92 Å². The summed E-state index contributed by atoms with van der Waals surface area (Å²) in [5.74, 6) is 2.23. The van der Waals surface area contributed by atoms with Gasteiger partial charge in [-0.15, -0.1) is 10.2 Å². The zero-order chi connectivity index (χ0) is 21.7. The van der Waals surface area contributed by atoms with Gasteiger partial charge in [0.1, 0.15) is 5.75 Å². The molecule has 0 spiro atoms. The highest BCUT2D eigenvalue weighted by atomic mass is 32.2. The monoisotopic (exact) mass is 425 g/mol. The van der Waals surface area contributed by atoms with Crippen LogP contribution in [0.25, 0.3) is 5.69 Å². The molecule has 3 aromatic rings. The third kappa shape index (κ3) is 5.13. The summed E-state index contributed by atoms with van der Waals surface area (Å²) in [5, 5.41) is 12.6. The van der Waals surface area contributed by atoms with E-state index in [-0.39, 0.29) is 12.1 Å². The van der Waals surface area contributed by atoms with Crippen molar-refractivity contribution in [3.05, 3.63) is 65.5 Å². The molecule has 7 nitrogen and oxygen atoms in total. The predicted octanol–water partition coefficient (Wildman–Crippen LogP) is 4.21. The van der Waals surface area contributed by atoms with Gasteiger partial charge < -0.3 is 15.0 Å². The summed E-state index contributed by atoms with van der Waals surface area (Å²) in [4.78, 5) is 13.6. The number of carbonyl (C=O) groups excluding carboxylic acids is 1. The first-order valence-corrected chi connectivity index (χ1v) is 10.6. The van der Waals surface area contributed by atoms with Crippen molar-refractivity contribution < 1.29 is 9.53 Å². The summed E-state index contributed by atoms with van der Waals surface area (Å²) >= 11 is 1.59. The first-order chi connectivity index (χ1) is 14.4. The number of thioether (sulfide) groups is 1. The maximum Gasteiger partial charge on any atom is 0.317 e. The van der Waals surface area contributed by atoms with Crippen LogP contribution < -0.4 is 10.1 Å². The van der Waals surface area contributed by atoms with Crippen molar-refractivity contribution in [2.45, 2.75) is 30.8 Å². The Kier molecular flexibility index (Phi) is 6.99. The summed E-state index contributed by atoms with van der Waals surface area (Å²) in [6.07, 6.45) is 0. The van der Waals surface area contributed by atoms with Crippen LogP contribution in [0.4, 0.5) is 4.79 Å². The number of rotatable bonds is 7. The number of ether oxygens (including phenoxy) is 1. The Balaban J connectivity index is 1.91. The molecule has 1 heterocycles. The minimum absolute atomic E-state index is 0.175. The van der Waals surface area contributed by atoms with Crippen LogP contribution in [-0.2, 0) is 5.75 Å². The van der Waals surface area contributed by atoms with Crippen molar-refractivity contribution in [2.75, 3.05) is 21.2 Å². The highest BCUT2D eigenvalue weighted by Crippen LogP contribution is 2.28. The number of aryl methyl sites for hydroxylation is 1. The number of carbonyl (C=O) groups is 1. The van der Waals surface area contributed by atoms with Crippen molar-refractivity contribution in [1.82, 2.24) is 25.0 Å². The van der Waals surface area contributed by atoms with E-state index in [9.17, 15) is 4.79 Å². The fraction of sp³-hybridized carbons (Fsp3) is 0.318. The van der Waals surface area contributed by atoms with Gasteiger partial charge in [0.15, 0.2) is 11.0 Å². The van der Waals surface area contributed by atoms with Crippen molar-refractivity contribution in [2.24, 2.45) is 0 Å². The summed E-state index contributed by atoms with van der Waals surface area (Å²) in [7, 11) is 5.08. The van der Waals surface area contributed by atoms with E-state index in [1.54, 1.807) is 33.0 Å². The summed E-state index contributed by atoms with van der Waals surface area (Å²) in [5.41, 5.74) is 3.26. The first kappa shape index (κ1) is 21.7. The number of urea groups is 1. The van der Waals surface area contributed by atoms with Gasteiger partial charge in [-0.25, -0.2) is 4.79 Å². The van der Waals surface area contributed by atoms with Crippen LogP contribution in [0.2, 0.25) is 0 Å². The lowest BCUT2D eigenvalue weighted by atomic mass is 10.2. The number of benzene rings is 2. The molecule has 2 amide bonds. The van der Waals surface area contributed by atoms with Crippen LogP contribution >= 0.6 is 11.8 Å². The molecule has 0 aliphatic carbocycles. The molecular weight excluding hydrogens is 398 g/mol. The minimum Gasteiger partial charge on any atom is -0.497 e. The van der Waals surface area contributed by atoms with Crippen molar-refractivity contribution >= 4 is 17.8 Å². The summed E-state index contributed by atoms with van der Waals surface area (Å²) in [6, 6.07) is 15.7. The van der Waals surface area contributed by atoms with E-state index < -0.39 is 0 Å². The highest BCUT2D eigenvalue weighted by molar-refractivity contribution is 7.98. The van der Waals surface area contributed by atoms with Gasteiger partial charge in [-0.05, 0) is 43.7 Å². The topological polar surface area (TPSA) is 72.3 Å². The van der Waals surface area contributed by atoms with Gasteiger partial charge in [-0.1, -0.05) is 41.6 Å². The van der Waals surface area contributed by atoms with Gasteiger partial charge in [-0.2, -0.15) is 0 Å². The normalized spacial score (nSPS) is 11.8. The van der Waals surface area contributed by atoms with E-state index in [1.807, 2.05) is 41.8 Å². The molecule has 0 radical (unpaired) electrons. The van der Waals surface area contributed by atoms with E-state index in [2.05, 4.69) is 40.6 Å². The Morgan fingerprint density at radius 2 is 1.93 bits per heavy atom. The quantitative estimate of drug-likeness (QED) is 0.574. The molecule has 0 fully saturated rings. The number of hydrogen-bond acceptors (Lipinski definition) is 5. The van der Waals surface area contributed by atoms with Crippen LogP contribution in [0.3, 0.4) is 0 Å². The Morgan fingerprint density at radius 1 is 1.20 bits per heavy atom. The molecule has 1 unspecified atom stereocenters. The van der Waals surface area contributed by atoms with E-state index >= 15 is 0 Å². The van der Waals surface area contributed by atoms with Gasteiger partial charge in [0.2, 0.25) is 0 Å². The van der Waals surface area contributed by atoms with Crippen molar-refractivity contribution in [3.63, 3.8) is 0 Å². The second-order valence-corrected chi connectivity index (χ2v) is 8.16. The van der Waals surface area contributed by atoms with Gasteiger partial charge in [0, 0.05) is 25.5 Å². The van der Waals surface area contributed by atoms with E-state index in [0.717, 1.165) is 27.9 Å². The number of nitrogens with one attached hydrogen (secondary N) is 1. The minimum atomic E-state index is -0.306. The molecule has 2 aromatic carbocycles. The second-order valence-electron chi connectivity index (χ2n) is 7.22. The molecule has 0 bridgehead atoms. The molecule has 0 aliphatic heterocycles. The number of aromatic nitrogens is 3. The molecular formula is C22H27N5O2S. The molecule has 158 valence electrons. The molecule has 30 heavy (non-hydrogen) atoms. The molecule has 1 aromatic heterocycles. The largest absolute Gasteiger partial charge is 0.497 e. The van der Waals surface area contributed by atoms with Gasteiger partial charge >= 0.3 is 6.03 Å². The highest BCUT2D eigenvalue weighted by Gasteiger charge is 2.21. The van der Waals surface area contributed by atoms with E-state index in [0.29, 0.717) is 5.82 Å². The van der Waals surface area contributed by atoms with Crippen molar-refractivity contribution in [3.8, 4) is 11.4 Å². The molecule has 1 N–H and O–H groups in total. The lowest BCUT2D eigenvalue weighted by Gasteiger charge is -2.19. The second kappa shape index (κ2) is 9.67. The van der Waals surface area contributed by atoms with Crippen molar-refractivity contribution in [1.29, 1.82) is 0 Å². The smallest absolute Gasteiger partial charge is 0.317 e. The molecule has 0 saturated carbocycles. The zero-order valence-electron chi connectivity index (χ0n) is 17.9. The molecule has 0 saturated heterocycles. The molecule has 8 heteroatoms. The van der Waals surface area contributed by atoms with Gasteiger partial charge in [0.05, 0.1) is 13.2 Å². The number of hydrogen-bond donors (Lipinski definition) is 1. The Hall–Kier alpha value is -3.00. The van der Waals surface area contributed by atoms with Crippen LogP contribution in [-0.4, -0.2) is 46.9 Å². The Morgan fingerprint density at radius 3 is 2.60 bits per heavy atom. The maximum absolute atomic E-state index is 12.1. The molecule has 1 atom stereocenters. The van der Waals surface area contributed by atoms with Crippen LogP contribution in [0.15, 0.2) is 53.7 Å². The molecule has 3 rings (SSSR count). The fourth-order valence-electron chi connectivity index (χ4n) is 2.88. The Labute approximate surface area is 181 Å². The molecule has 0 aliphatic rings. The first-order valence-electron chi connectivity index (χ1n) is 9.65. The zero-order valence-corrected chi connectivity index (χ0v) is 18.7. The third-order valence-electron chi connectivity index (χ3n) is 4.59. The van der Waals surface area contributed by atoms with Crippen LogP contribution in [0.5, 0.6) is 5.75 Å². The lowest BCUT2D eigenvalue weighted by molar-refractivity contribution is 0.213. The SMILES string of the molecule is COc1cccc(CSc2nnc(C(C)NC(=O)N(C)C)n2-c2ccc(C)cc2)c1. The fourth-order valence-corrected chi connectivity index (χ4v) is 3.78. The average Bonchev–Trinajstić information content (AvgIpc) is 3.17. The lowest BCUT2D eigenvalue weighted by Crippen LogP contribution is -2.37. The average molecular weight is 426 g/mol. The number of amides is 2. The maximum atomic E-state index is 12.1. The predicted molar refractivity (Wildman–Crippen MR) is 119 cm³/mol. The van der Waals surface area contributed by atoms with Gasteiger partial charge in [0.25, 0.3) is 0 Å². The van der Waals surface area contributed by atoms with Crippen LogP contribution in [0.1, 0.15) is 29.9 Å². The number of nitrogens with zero attached hydrogens (tertiary/aromatic N) is 4. The van der Waals surface area contributed by atoms with E-state index in [1.165, 1.54) is 10.5 Å². The Bertz CT molecular complexity index is 1000. The van der Waals surface area contributed by atoms with E-state index in [4.69, 9.17) is 4.74 Å². The van der Waals surface area contributed by atoms with Gasteiger partial charge in [-0.3, -0.25) is 4.57 Å². The number of methoxy groups -OCH3 is 1. The summed E-state index contributed by atoms with van der Waals surface area (Å²) in [6.45, 7) is 3.96. The standard InChI is InChI=1S/C22H27N5O2S/c1-15-9-11-18(12-10-15)27-20(16(2)23-21(28)26(3)4)24-25-22(27)30-14-17-7-6-8-19(13-17)29-5/h6-13,16H,14H2,1-5H3,(H,23,28). The summed E-state index contributed by atoms with van der Waals surface area (Å²) < 4.78 is 7.32. The third-order valence-corrected chi connectivity index (χ3v) is 5.59.